The number of aromatic nitrogens is 1. The molecule has 8 heteroatoms. The van der Waals surface area contributed by atoms with Crippen molar-refractivity contribution in [1.29, 1.82) is 5.26 Å². The summed E-state index contributed by atoms with van der Waals surface area (Å²) in [5, 5.41) is 9.84. The number of anilines is 2. The Morgan fingerprint density at radius 1 is 1.17 bits per heavy atom. The van der Waals surface area contributed by atoms with Gasteiger partial charge in [0, 0.05) is 21.7 Å². The number of thioether (sulfide) groups is 1. The molecule has 29 heavy (non-hydrogen) atoms. The molecule has 3 rings (SSSR count). The van der Waals surface area contributed by atoms with E-state index >= 15 is 0 Å². The number of amides is 1. The number of aryl methyl sites for hydroxylation is 1. The van der Waals surface area contributed by atoms with E-state index in [-0.39, 0.29) is 5.91 Å². The molecule has 0 aliphatic heterocycles. The molecular formula is C21H20N4OS3. The lowest BCUT2D eigenvalue weighted by Gasteiger charge is -2.22. The molecule has 0 aliphatic carbocycles. The predicted molar refractivity (Wildman–Crippen MR) is 123 cm³/mol. The van der Waals surface area contributed by atoms with Crippen molar-refractivity contribution in [3.63, 3.8) is 0 Å². The summed E-state index contributed by atoms with van der Waals surface area (Å²) in [4.78, 5) is 21.1. The van der Waals surface area contributed by atoms with Gasteiger partial charge >= 0.3 is 0 Å². The van der Waals surface area contributed by atoms with E-state index in [1.54, 1.807) is 23.9 Å². The maximum absolute atomic E-state index is 12.3. The van der Waals surface area contributed by atoms with Crippen molar-refractivity contribution < 1.29 is 4.79 Å². The Hall–Kier alpha value is -2.47. The Morgan fingerprint density at radius 2 is 1.86 bits per heavy atom. The number of benzene rings is 2. The summed E-state index contributed by atoms with van der Waals surface area (Å²) in [6.45, 7) is 2.51. The lowest BCUT2D eigenvalue weighted by molar-refractivity contribution is 0.0980. The van der Waals surface area contributed by atoms with Crippen LogP contribution in [0.4, 0.5) is 10.8 Å². The first kappa shape index (κ1) is 21.2. The van der Waals surface area contributed by atoms with Gasteiger partial charge in [-0.1, -0.05) is 24.1 Å². The monoisotopic (exact) mass is 440 g/mol. The van der Waals surface area contributed by atoms with Gasteiger partial charge in [0.2, 0.25) is 0 Å². The van der Waals surface area contributed by atoms with E-state index in [0.717, 1.165) is 21.3 Å². The molecule has 0 saturated carbocycles. The third-order valence-corrected chi connectivity index (χ3v) is 6.36. The van der Waals surface area contributed by atoms with Crippen LogP contribution in [0.15, 0.2) is 53.4 Å². The number of hydrogen-bond acceptors (Lipinski definition) is 7. The quantitative estimate of drug-likeness (QED) is 0.392. The van der Waals surface area contributed by atoms with Crippen LogP contribution in [0.3, 0.4) is 0 Å². The number of nitriles is 1. The fourth-order valence-electron chi connectivity index (χ4n) is 2.75. The molecule has 0 atom stereocenters. The number of carbonyl (C=O) groups excluding carboxylic acids is 1. The summed E-state index contributed by atoms with van der Waals surface area (Å²) < 4.78 is 2.74. The van der Waals surface area contributed by atoms with Crippen molar-refractivity contribution in [3.05, 3.63) is 70.2 Å². The second-order valence-corrected chi connectivity index (χ2v) is 8.80. The fourth-order valence-corrected chi connectivity index (χ4v) is 4.36. The number of hydrogen-bond donors (Lipinski definition) is 1. The first-order valence-corrected chi connectivity index (χ1v) is 12.0. The van der Waals surface area contributed by atoms with Gasteiger partial charge in [0.15, 0.2) is 5.13 Å². The summed E-state index contributed by atoms with van der Waals surface area (Å²) in [5.41, 5.74) is 3.10. The van der Waals surface area contributed by atoms with Crippen molar-refractivity contribution >= 4 is 51.8 Å². The molecule has 0 unspecified atom stereocenters. The highest BCUT2D eigenvalue weighted by atomic mass is 32.2. The smallest absolute Gasteiger partial charge is 0.280 e. The van der Waals surface area contributed by atoms with Gasteiger partial charge in [-0.2, -0.15) is 5.26 Å². The Bertz CT molecular complexity index is 1020. The van der Waals surface area contributed by atoms with Crippen LogP contribution >= 0.6 is 35.0 Å². The molecule has 0 saturated heterocycles. The Balaban J connectivity index is 1.98. The highest BCUT2D eigenvalue weighted by Crippen LogP contribution is 2.33. The maximum atomic E-state index is 12.3. The Morgan fingerprint density at radius 3 is 2.45 bits per heavy atom. The number of carbonyl (C=O) groups is 1. The van der Waals surface area contributed by atoms with Crippen LogP contribution in [0.1, 0.15) is 26.5 Å². The SMILES string of the molecule is CSNC(=O)c1nc(N(Cc2ccc(SC)cc2)c2ccc(C#N)cc2)sc1C. The third-order valence-electron chi connectivity index (χ3n) is 4.23. The molecule has 0 fully saturated rings. The number of nitrogens with one attached hydrogen (secondary N) is 1. The molecule has 148 valence electrons. The molecule has 0 spiro atoms. The van der Waals surface area contributed by atoms with Crippen molar-refractivity contribution in [2.24, 2.45) is 0 Å². The third kappa shape index (κ3) is 5.12. The first-order chi connectivity index (χ1) is 14.0. The molecule has 3 aromatic rings. The normalized spacial score (nSPS) is 10.4. The maximum Gasteiger partial charge on any atom is 0.280 e. The van der Waals surface area contributed by atoms with Gasteiger partial charge in [0.1, 0.15) is 5.69 Å². The van der Waals surface area contributed by atoms with E-state index in [1.807, 2.05) is 25.3 Å². The summed E-state index contributed by atoms with van der Waals surface area (Å²) in [6.07, 6.45) is 3.86. The van der Waals surface area contributed by atoms with Crippen LogP contribution in [0.2, 0.25) is 0 Å². The number of thiazole rings is 1. The summed E-state index contributed by atoms with van der Waals surface area (Å²) in [7, 11) is 0. The van der Waals surface area contributed by atoms with Crippen LogP contribution in [0.25, 0.3) is 0 Å². The van der Waals surface area contributed by atoms with Crippen LogP contribution in [-0.2, 0) is 6.54 Å². The molecule has 0 aliphatic rings. The second-order valence-electron chi connectivity index (χ2n) is 6.13. The van der Waals surface area contributed by atoms with Gasteiger partial charge in [-0.25, -0.2) is 4.98 Å². The first-order valence-electron chi connectivity index (χ1n) is 8.77. The van der Waals surface area contributed by atoms with Crippen LogP contribution in [0.5, 0.6) is 0 Å². The predicted octanol–water partition coefficient (Wildman–Crippen LogP) is 5.39. The second kappa shape index (κ2) is 9.83. The lowest BCUT2D eigenvalue weighted by atomic mass is 10.2. The average Bonchev–Trinajstić information content (AvgIpc) is 3.14. The Kier molecular flexibility index (Phi) is 7.20. The zero-order valence-electron chi connectivity index (χ0n) is 16.3. The minimum absolute atomic E-state index is 0.193. The van der Waals surface area contributed by atoms with E-state index in [2.05, 4.69) is 51.2 Å². The van der Waals surface area contributed by atoms with E-state index in [1.165, 1.54) is 28.2 Å². The van der Waals surface area contributed by atoms with Gasteiger partial charge in [-0.15, -0.1) is 23.1 Å². The highest BCUT2D eigenvalue weighted by molar-refractivity contribution is 7.98. The fraction of sp³-hybridized carbons (Fsp3) is 0.190. The van der Waals surface area contributed by atoms with Crippen LogP contribution in [-0.4, -0.2) is 23.4 Å². The van der Waals surface area contributed by atoms with E-state index in [9.17, 15) is 4.79 Å². The molecule has 5 nitrogen and oxygen atoms in total. The highest BCUT2D eigenvalue weighted by Gasteiger charge is 2.20. The van der Waals surface area contributed by atoms with Crippen molar-refractivity contribution in [1.82, 2.24) is 9.71 Å². The molecule has 2 aromatic carbocycles. The molecule has 1 aromatic heterocycles. The summed E-state index contributed by atoms with van der Waals surface area (Å²) >= 11 is 4.45. The van der Waals surface area contributed by atoms with Gasteiger partial charge in [0.05, 0.1) is 18.2 Å². The molecule has 0 radical (unpaired) electrons. The number of rotatable bonds is 7. The number of nitrogens with zero attached hydrogens (tertiary/aromatic N) is 3. The molecule has 1 amide bonds. The summed E-state index contributed by atoms with van der Waals surface area (Å²) in [5.74, 6) is -0.193. The lowest BCUT2D eigenvalue weighted by Crippen LogP contribution is -2.19. The van der Waals surface area contributed by atoms with Crippen molar-refractivity contribution in [2.45, 2.75) is 18.4 Å². The van der Waals surface area contributed by atoms with Gasteiger partial charge in [-0.05, 0) is 55.1 Å². The van der Waals surface area contributed by atoms with Gasteiger partial charge < -0.3 is 4.90 Å². The average molecular weight is 441 g/mol. The van der Waals surface area contributed by atoms with Crippen LogP contribution < -0.4 is 9.62 Å². The molecule has 1 heterocycles. The van der Waals surface area contributed by atoms with E-state index < -0.39 is 0 Å². The van der Waals surface area contributed by atoms with Gasteiger partial charge in [-0.3, -0.25) is 9.52 Å². The van der Waals surface area contributed by atoms with Crippen LogP contribution in [0, 0.1) is 18.3 Å². The van der Waals surface area contributed by atoms with Crippen molar-refractivity contribution in [3.8, 4) is 6.07 Å². The molecule has 1 N–H and O–H groups in total. The minimum Gasteiger partial charge on any atom is -0.313 e. The zero-order chi connectivity index (χ0) is 20.8. The topological polar surface area (TPSA) is 69.0 Å². The van der Waals surface area contributed by atoms with E-state index in [4.69, 9.17) is 5.26 Å². The Labute approximate surface area is 183 Å². The summed E-state index contributed by atoms with van der Waals surface area (Å²) in [6, 6.07) is 18.0. The van der Waals surface area contributed by atoms with E-state index in [0.29, 0.717) is 17.8 Å². The minimum atomic E-state index is -0.193. The standard InChI is InChI=1S/C21H20N4OS3/c1-14-19(20(26)24-28-3)23-21(29-14)25(17-8-4-15(12-22)5-9-17)13-16-6-10-18(27-2)11-7-16/h4-11H,13H2,1-3H3,(H,24,26). The molecular weight excluding hydrogens is 420 g/mol. The zero-order valence-corrected chi connectivity index (χ0v) is 18.8. The molecule has 0 bridgehead atoms. The van der Waals surface area contributed by atoms with Crippen molar-refractivity contribution in [2.75, 3.05) is 17.4 Å². The largest absolute Gasteiger partial charge is 0.313 e. The van der Waals surface area contributed by atoms with Gasteiger partial charge in [0.25, 0.3) is 5.91 Å².